The van der Waals surface area contributed by atoms with Crippen molar-refractivity contribution in [2.24, 2.45) is 5.73 Å². The fourth-order valence-electron chi connectivity index (χ4n) is 4.24. The van der Waals surface area contributed by atoms with E-state index in [2.05, 4.69) is 10.2 Å². The van der Waals surface area contributed by atoms with E-state index < -0.39 is 5.54 Å². The number of thioether (sulfide) groups is 1. The Bertz CT molecular complexity index is 411. The molecule has 3 aliphatic rings. The average Bonchev–Trinajstić information content (AvgIpc) is 2.62. The Morgan fingerprint density at radius 1 is 1.04 bits per heavy atom. The molecule has 0 aromatic carbocycles. The first kappa shape index (κ1) is 23.3. The molecule has 0 atom stereocenters. The summed E-state index contributed by atoms with van der Waals surface area (Å²) in [4.78, 5) is 15.3. The van der Waals surface area contributed by atoms with Gasteiger partial charge in [-0.25, -0.2) is 0 Å². The van der Waals surface area contributed by atoms with Crippen molar-refractivity contribution in [3.8, 4) is 0 Å². The summed E-state index contributed by atoms with van der Waals surface area (Å²) < 4.78 is 5.35. The first-order valence-electron chi connectivity index (χ1n) is 9.12. The first-order valence-corrected chi connectivity index (χ1v) is 10.3. The second-order valence-corrected chi connectivity index (χ2v) is 8.56. The highest BCUT2D eigenvalue weighted by Crippen LogP contribution is 2.35. The van der Waals surface area contributed by atoms with Crippen molar-refractivity contribution in [3.63, 3.8) is 0 Å². The molecule has 3 N–H and O–H groups in total. The van der Waals surface area contributed by atoms with Gasteiger partial charge in [-0.15, -0.1) is 24.8 Å². The van der Waals surface area contributed by atoms with Crippen molar-refractivity contribution >= 4 is 42.5 Å². The molecule has 0 spiro atoms. The van der Waals surface area contributed by atoms with Crippen LogP contribution in [0.1, 0.15) is 44.9 Å². The molecule has 148 valence electrons. The largest absolute Gasteiger partial charge is 0.381 e. The van der Waals surface area contributed by atoms with Crippen LogP contribution in [0.25, 0.3) is 0 Å². The van der Waals surface area contributed by atoms with Gasteiger partial charge >= 0.3 is 0 Å². The maximum absolute atomic E-state index is 12.7. The summed E-state index contributed by atoms with van der Waals surface area (Å²) in [5, 5.41) is 3.23. The maximum Gasteiger partial charge on any atom is 0.240 e. The molecule has 5 nitrogen and oxygen atoms in total. The third-order valence-corrected chi connectivity index (χ3v) is 6.82. The number of nitrogens with two attached hydrogens (primary N) is 1. The predicted octanol–water partition coefficient (Wildman–Crippen LogP) is 2.21. The lowest BCUT2D eigenvalue weighted by atomic mass is 9.79. The number of nitrogens with one attached hydrogen (secondary N) is 1. The minimum atomic E-state index is -0.730. The van der Waals surface area contributed by atoms with Gasteiger partial charge in [0, 0.05) is 49.9 Å². The van der Waals surface area contributed by atoms with Crippen molar-refractivity contribution in [2.75, 3.05) is 44.4 Å². The molecule has 2 heterocycles. The number of halogens is 2. The topological polar surface area (TPSA) is 67.6 Å². The number of carbonyl (C=O) groups is 1. The van der Waals surface area contributed by atoms with Gasteiger partial charge in [0.2, 0.25) is 5.91 Å². The van der Waals surface area contributed by atoms with E-state index in [9.17, 15) is 4.79 Å². The molecule has 3 fully saturated rings. The first-order chi connectivity index (χ1) is 11.1. The van der Waals surface area contributed by atoms with E-state index in [-0.39, 0.29) is 36.3 Å². The van der Waals surface area contributed by atoms with Gasteiger partial charge in [-0.2, -0.15) is 11.8 Å². The van der Waals surface area contributed by atoms with Gasteiger partial charge in [-0.3, -0.25) is 9.69 Å². The normalized spacial score (nSPS) is 26.0. The van der Waals surface area contributed by atoms with E-state index >= 15 is 0 Å². The minimum absolute atomic E-state index is 0. The van der Waals surface area contributed by atoms with Crippen molar-refractivity contribution in [1.29, 1.82) is 0 Å². The zero-order valence-corrected chi connectivity index (χ0v) is 17.4. The third-order valence-electron chi connectivity index (χ3n) is 5.88. The summed E-state index contributed by atoms with van der Waals surface area (Å²) in [5.41, 5.74) is 5.76. The van der Waals surface area contributed by atoms with Crippen LogP contribution < -0.4 is 11.1 Å². The number of ether oxygens (including phenoxy) is 1. The minimum Gasteiger partial charge on any atom is -0.381 e. The highest BCUT2D eigenvalue weighted by molar-refractivity contribution is 7.99. The van der Waals surface area contributed by atoms with Crippen LogP contribution >= 0.6 is 36.6 Å². The summed E-state index contributed by atoms with van der Waals surface area (Å²) in [6.45, 7) is 4.26. The van der Waals surface area contributed by atoms with Gasteiger partial charge in [-0.05, 0) is 25.7 Å². The Labute approximate surface area is 168 Å². The Morgan fingerprint density at radius 3 is 2.24 bits per heavy atom. The second kappa shape index (κ2) is 10.6. The van der Waals surface area contributed by atoms with Gasteiger partial charge < -0.3 is 15.8 Å². The standard InChI is InChI=1S/C17H31N3O2S.2ClH/c18-17(6-10-22-11-7-17)15(21)19-14-16(4-2-1-3-5-16)20-8-12-23-13-9-20;;/h1-14,18H2,(H,19,21);2*1H. The van der Waals surface area contributed by atoms with E-state index in [0.29, 0.717) is 26.1 Å². The third kappa shape index (κ3) is 5.63. The summed E-state index contributed by atoms with van der Waals surface area (Å²) in [7, 11) is 0. The van der Waals surface area contributed by atoms with E-state index in [1.807, 2.05) is 11.8 Å². The lowest BCUT2D eigenvalue weighted by Crippen LogP contribution is -2.63. The zero-order valence-electron chi connectivity index (χ0n) is 15.0. The van der Waals surface area contributed by atoms with E-state index in [1.54, 1.807) is 0 Å². The van der Waals surface area contributed by atoms with E-state index in [1.165, 1.54) is 43.6 Å². The van der Waals surface area contributed by atoms with Crippen LogP contribution in [0, 0.1) is 0 Å². The molecule has 8 heteroatoms. The Hall–Kier alpha value is 0.280. The van der Waals surface area contributed by atoms with Crippen molar-refractivity contribution < 1.29 is 9.53 Å². The quantitative estimate of drug-likeness (QED) is 0.739. The van der Waals surface area contributed by atoms with Gasteiger partial charge in [0.05, 0.1) is 5.54 Å². The lowest BCUT2D eigenvalue weighted by molar-refractivity contribution is -0.130. The summed E-state index contributed by atoms with van der Waals surface area (Å²) in [5.74, 6) is 2.46. The average molecular weight is 414 g/mol. The molecule has 1 amide bonds. The number of carbonyl (C=O) groups excluding carboxylic acids is 1. The Morgan fingerprint density at radius 2 is 1.64 bits per heavy atom. The number of nitrogens with zero attached hydrogens (tertiary/aromatic N) is 1. The molecule has 0 bridgehead atoms. The van der Waals surface area contributed by atoms with E-state index in [0.717, 1.165) is 19.6 Å². The van der Waals surface area contributed by atoms with Crippen molar-refractivity contribution in [1.82, 2.24) is 10.2 Å². The summed E-state index contributed by atoms with van der Waals surface area (Å²) >= 11 is 2.04. The lowest BCUT2D eigenvalue weighted by Gasteiger charge is -2.48. The maximum atomic E-state index is 12.7. The highest BCUT2D eigenvalue weighted by atomic mass is 35.5. The molecule has 2 aliphatic heterocycles. The number of amides is 1. The predicted molar refractivity (Wildman–Crippen MR) is 109 cm³/mol. The smallest absolute Gasteiger partial charge is 0.240 e. The molecule has 0 aromatic heterocycles. The molecule has 0 unspecified atom stereocenters. The van der Waals surface area contributed by atoms with Gasteiger partial charge in [0.1, 0.15) is 0 Å². The Balaban J connectivity index is 0.00000156. The van der Waals surface area contributed by atoms with Crippen LogP contribution in [0.4, 0.5) is 0 Å². The van der Waals surface area contributed by atoms with Crippen LogP contribution in [-0.4, -0.2) is 66.2 Å². The fraction of sp³-hybridized carbons (Fsp3) is 0.941. The molecule has 1 aliphatic carbocycles. The fourth-order valence-corrected chi connectivity index (χ4v) is 5.14. The second-order valence-electron chi connectivity index (χ2n) is 7.34. The number of hydrogen-bond donors (Lipinski definition) is 2. The van der Waals surface area contributed by atoms with Crippen LogP contribution in [0.2, 0.25) is 0 Å². The van der Waals surface area contributed by atoms with Crippen LogP contribution in [0.3, 0.4) is 0 Å². The van der Waals surface area contributed by atoms with Gasteiger partial charge in [0.25, 0.3) is 0 Å². The molecule has 2 saturated heterocycles. The molecule has 3 rings (SSSR count). The molecular weight excluding hydrogens is 381 g/mol. The van der Waals surface area contributed by atoms with E-state index in [4.69, 9.17) is 10.5 Å². The Kier molecular flexibility index (Phi) is 9.86. The SMILES string of the molecule is Cl.Cl.NC1(C(=O)NCC2(N3CCSCC3)CCCCC2)CCOCC1. The van der Waals surface area contributed by atoms with Crippen molar-refractivity contribution in [2.45, 2.75) is 56.0 Å². The van der Waals surface area contributed by atoms with Gasteiger partial charge in [0.15, 0.2) is 0 Å². The highest BCUT2D eigenvalue weighted by Gasteiger charge is 2.41. The van der Waals surface area contributed by atoms with Crippen LogP contribution in [0.5, 0.6) is 0 Å². The van der Waals surface area contributed by atoms with Crippen LogP contribution in [0.15, 0.2) is 0 Å². The summed E-state index contributed by atoms with van der Waals surface area (Å²) in [6, 6.07) is 0. The molecule has 25 heavy (non-hydrogen) atoms. The molecule has 0 radical (unpaired) electrons. The number of hydrogen-bond acceptors (Lipinski definition) is 5. The zero-order chi connectivity index (χ0) is 16.2. The molecule has 0 aromatic rings. The van der Waals surface area contributed by atoms with Crippen molar-refractivity contribution in [3.05, 3.63) is 0 Å². The molecular formula is C17H33Cl2N3O2S. The summed E-state index contributed by atoms with van der Waals surface area (Å²) in [6.07, 6.45) is 7.56. The molecule has 1 saturated carbocycles. The monoisotopic (exact) mass is 413 g/mol. The number of rotatable bonds is 4. The van der Waals surface area contributed by atoms with Crippen LogP contribution in [-0.2, 0) is 9.53 Å². The van der Waals surface area contributed by atoms with Gasteiger partial charge in [-0.1, -0.05) is 19.3 Å².